The van der Waals surface area contributed by atoms with Gasteiger partial charge in [-0.25, -0.2) is 0 Å². The summed E-state index contributed by atoms with van der Waals surface area (Å²) in [5.74, 6) is 2.13. The number of aromatic amines is 1. The van der Waals surface area contributed by atoms with E-state index in [1.807, 2.05) is 30.3 Å². The Morgan fingerprint density at radius 1 is 1.33 bits per heavy atom. The van der Waals surface area contributed by atoms with Gasteiger partial charge in [0.05, 0.1) is 0 Å². The van der Waals surface area contributed by atoms with Gasteiger partial charge < -0.3 is 14.6 Å². The Bertz CT molecular complexity index is 729. The minimum atomic E-state index is 0.451. The lowest BCUT2D eigenvalue weighted by Crippen LogP contribution is -2.49. The van der Waals surface area contributed by atoms with E-state index in [1.165, 1.54) is 0 Å². The highest BCUT2D eigenvalue weighted by molar-refractivity contribution is 5.81. The maximum Gasteiger partial charge on any atom is 0.245 e. The highest BCUT2D eigenvalue weighted by Gasteiger charge is 2.20. The summed E-state index contributed by atoms with van der Waals surface area (Å²) in [6.45, 7) is 4.95. The van der Waals surface area contributed by atoms with Crippen molar-refractivity contribution in [2.45, 2.75) is 13.0 Å². The third-order valence-corrected chi connectivity index (χ3v) is 3.78. The molecule has 1 fully saturated rings. The molecule has 3 heterocycles. The van der Waals surface area contributed by atoms with Crippen molar-refractivity contribution in [1.82, 2.24) is 20.5 Å². The topological polar surface area (TPSA) is 70.0 Å². The molecular weight excluding hydrogens is 266 g/mol. The van der Waals surface area contributed by atoms with E-state index in [0.29, 0.717) is 11.9 Å². The van der Waals surface area contributed by atoms with Crippen LogP contribution in [0.3, 0.4) is 0 Å². The summed E-state index contributed by atoms with van der Waals surface area (Å²) in [5, 5.41) is 11.8. The predicted octanol–water partition coefficient (Wildman–Crippen LogP) is 2.02. The number of fused-ring (bicyclic) bond motifs is 1. The number of nitrogens with one attached hydrogen (secondary N) is 2. The molecule has 3 aromatic rings. The minimum Gasteiger partial charge on any atom is -0.453 e. The number of H-pyrrole nitrogens is 1. The first-order valence-corrected chi connectivity index (χ1v) is 7.19. The average molecular weight is 283 g/mol. The van der Waals surface area contributed by atoms with Gasteiger partial charge in [0.15, 0.2) is 11.6 Å². The summed E-state index contributed by atoms with van der Waals surface area (Å²) in [4.78, 5) is 6.76. The van der Waals surface area contributed by atoms with E-state index < -0.39 is 0 Å². The number of hydrogen-bond donors (Lipinski definition) is 2. The molecule has 0 radical (unpaired) electrons. The first-order chi connectivity index (χ1) is 10.3. The highest BCUT2D eigenvalue weighted by atomic mass is 16.3. The SMILES string of the molecule is C[C@H]1CN(c2n[nH]c(-c3cc4ccccc4o3)n2)CCN1. The molecule has 0 unspecified atom stereocenters. The maximum absolute atomic E-state index is 5.81. The number of rotatable bonds is 2. The molecule has 1 saturated heterocycles. The third kappa shape index (κ3) is 2.27. The van der Waals surface area contributed by atoms with Crippen LogP contribution >= 0.6 is 0 Å². The Morgan fingerprint density at radius 3 is 3.10 bits per heavy atom. The van der Waals surface area contributed by atoms with E-state index in [4.69, 9.17) is 4.42 Å². The van der Waals surface area contributed by atoms with Gasteiger partial charge in [0.25, 0.3) is 0 Å². The van der Waals surface area contributed by atoms with E-state index >= 15 is 0 Å². The van der Waals surface area contributed by atoms with E-state index in [-0.39, 0.29) is 0 Å². The molecule has 6 nitrogen and oxygen atoms in total. The minimum absolute atomic E-state index is 0.451. The number of para-hydroxylation sites is 1. The molecule has 1 aliphatic heterocycles. The van der Waals surface area contributed by atoms with Crippen LogP contribution in [0.25, 0.3) is 22.6 Å². The molecule has 0 amide bonds. The smallest absolute Gasteiger partial charge is 0.245 e. The van der Waals surface area contributed by atoms with Crippen LogP contribution in [0, 0.1) is 0 Å². The van der Waals surface area contributed by atoms with Crippen molar-refractivity contribution in [2.75, 3.05) is 24.5 Å². The van der Waals surface area contributed by atoms with Gasteiger partial charge in [-0.2, -0.15) is 4.98 Å². The molecule has 1 atom stereocenters. The summed E-state index contributed by atoms with van der Waals surface area (Å²) >= 11 is 0. The van der Waals surface area contributed by atoms with Gasteiger partial charge in [-0.05, 0) is 19.1 Å². The van der Waals surface area contributed by atoms with Gasteiger partial charge in [0, 0.05) is 31.1 Å². The molecule has 0 spiro atoms. The van der Waals surface area contributed by atoms with Crippen LogP contribution in [-0.4, -0.2) is 40.9 Å². The van der Waals surface area contributed by atoms with Crippen molar-refractivity contribution in [3.8, 4) is 11.6 Å². The number of anilines is 1. The van der Waals surface area contributed by atoms with Crippen molar-refractivity contribution in [3.05, 3.63) is 30.3 Å². The molecule has 6 heteroatoms. The van der Waals surface area contributed by atoms with Crippen LogP contribution in [0.15, 0.2) is 34.7 Å². The lowest BCUT2D eigenvalue weighted by atomic mass is 10.2. The Kier molecular flexibility index (Phi) is 2.89. The fourth-order valence-corrected chi connectivity index (χ4v) is 2.72. The second-order valence-corrected chi connectivity index (χ2v) is 5.43. The maximum atomic E-state index is 5.81. The fraction of sp³-hybridized carbons (Fsp3) is 0.333. The molecule has 2 N–H and O–H groups in total. The molecular formula is C15H17N5O. The first-order valence-electron chi connectivity index (χ1n) is 7.19. The van der Waals surface area contributed by atoms with Gasteiger partial charge in [-0.15, -0.1) is 5.10 Å². The first kappa shape index (κ1) is 12.4. The fourth-order valence-electron chi connectivity index (χ4n) is 2.72. The molecule has 4 rings (SSSR count). The zero-order valence-electron chi connectivity index (χ0n) is 11.8. The van der Waals surface area contributed by atoms with Crippen LogP contribution < -0.4 is 10.2 Å². The second kappa shape index (κ2) is 4.89. The normalized spacial score (nSPS) is 19.3. The van der Waals surface area contributed by atoms with Gasteiger partial charge in [-0.1, -0.05) is 18.2 Å². The summed E-state index contributed by atoms with van der Waals surface area (Å²) in [6.07, 6.45) is 0. The number of aromatic nitrogens is 3. The molecule has 21 heavy (non-hydrogen) atoms. The second-order valence-electron chi connectivity index (χ2n) is 5.43. The van der Waals surface area contributed by atoms with E-state index in [9.17, 15) is 0 Å². The number of furan rings is 1. The molecule has 1 aromatic carbocycles. The largest absolute Gasteiger partial charge is 0.453 e. The van der Waals surface area contributed by atoms with Gasteiger partial charge in [0.2, 0.25) is 5.95 Å². The number of benzene rings is 1. The average Bonchev–Trinajstić information content (AvgIpc) is 3.14. The van der Waals surface area contributed by atoms with Crippen LogP contribution in [0.1, 0.15) is 6.92 Å². The van der Waals surface area contributed by atoms with Gasteiger partial charge in [-0.3, -0.25) is 5.10 Å². The lowest BCUT2D eigenvalue weighted by molar-refractivity contribution is 0.480. The highest BCUT2D eigenvalue weighted by Crippen LogP contribution is 2.26. The van der Waals surface area contributed by atoms with E-state index in [2.05, 4.69) is 32.3 Å². The quantitative estimate of drug-likeness (QED) is 0.753. The van der Waals surface area contributed by atoms with Crippen molar-refractivity contribution in [3.63, 3.8) is 0 Å². The lowest BCUT2D eigenvalue weighted by Gasteiger charge is -2.30. The number of hydrogen-bond acceptors (Lipinski definition) is 5. The van der Waals surface area contributed by atoms with Gasteiger partial charge >= 0.3 is 0 Å². The van der Waals surface area contributed by atoms with E-state index in [0.717, 1.165) is 42.3 Å². The van der Waals surface area contributed by atoms with Crippen LogP contribution in [0.4, 0.5) is 5.95 Å². The Morgan fingerprint density at radius 2 is 2.24 bits per heavy atom. The summed E-state index contributed by atoms with van der Waals surface area (Å²) in [5.41, 5.74) is 0.862. The summed E-state index contributed by atoms with van der Waals surface area (Å²) in [7, 11) is 0. The zero-order chi connectivity index (χ0) is 14.2. The van der Waals surface area contributed by atoms with Crippen molar-refractivity contribution >= 4 is 16.9 Å². The Balaban J connectivity index is 1.64. The number of nitrogens with zero attached hydrogens (tertiary/aromatic N) is 3. The van der Waals surface area contributed by atoms with Crippen molar-refractivity contribution < 1.29 is 4.42 Å². The number of piperazine rings is 1. The molecule has 0 aliphatic carbocycles. The standard InChI is InChI=1S/C15H17N5O/c1-10-9-20(7-6-16-10)15-17-14(18-19-15)13-8-11-4-2-3-5-12(11)21-13/h2-5,8,10,16H,6-7,9H2,1H3,(H,17,18,19)/t10-/m0/s1. The molecule has 108 valence electrons. The van der Waals surface area contributed by atoms with Crippen LogP contribution in [-0.2, 0) is 0 Å². The van der Waals surface area contributed by atoms with Crippen LogP contribution in [0.2, 0.25) is 0 Å². The third-order valence-electron chi connectivity index (χ3n) is 3.78. The van der Waals surface area contributed by atoms with Crippen LogP contribution in [0.5, 0.6) is 0 Å². The summed E-state index contributed by atoms with van der Waals surface area (Å²) in [6, 6.07) is 10.4. The van der Waals surface area contributed by atoms with Gasteiger partial charge in [0.1, 0.15) is 5.58 Å². The monoisotopic (exact) mass is 283 g/mol. The Hall–Kier alpha value is -2.34. The summed E-state index contributed by atoms with van der Waals surface area (Å²) < 4.78 is 5.81. The molecule has 0 saturated carbocycles. The molecule has 1 aliphatic rings. The predicted molar refractivity (Wildman–Crippen MR) is 81.3 cm³/mol. The van der Waals surface area contributed by atoms with E-state index in [1.54, 1.807) is 0 Å². The zero-order valence-corrected chi connectivity index (χ0v) is 11.8. The van der Waals surface area contributed by atoms with Crippen molar-refractivity contribution in [1.29, 1.82) is 0 Å². The molecule has 2 aromatic heterocycles. The Labute approximate surface area is 122 Å². The molecule has 0 bridgehead atoms. The van der Waals surface area contributed by atoms with Crippen molar-refractivity contribution in [2.24, 2.45) is 0 Å².